The average molecular weight is 252 g/mol. The molecule has 1 aliphatic heterocycles. The van der Waals surface area contributed by atoms with Crippen molar-refractivity contribution in [2.75, 3.05) is 13.2 Å². The second-order valence-corrected chi connectivity index (χ2v) is 4.31. The van der Waals surface area contributed by atoms with Crippen molar-refractivity contribution in [3.8, 4) is 11.5 Å². The Morgan fingerprint density at radius 2 is 2.00 bits per heavy atom. The largest absolute Gasteiger partial charge is 0.486 e. The first-order valence-corrected chi connectivity index (χ1v) is 5.89. The van der Waals surface area contributed by atoms with E-state index < -0.39 is 11.6 Å². The Morgan fingerprint density at radius 3 is 2.61 bits per heavy atom. The highest BCUT2D eigenvalue weighted by molar-refractivity contribution is 5.68. The van der Waals surface area contributed by atoms with Crippen LogP contribution in [0, 0.1) is 0 Å². The summed E-state index contributed by atoms with van der Waals surface area (Å²) in [4.78, 5) is 10.8. The second kappa shape index (κ2) is 4.86. The number of aliphatic carboxylic acids is 1. The molecular weight excluding hydrogens is 236 g/mol. The van der Waals surface area contributed by atoms with E-state index in [2.05, 4.69) is 0 Å². The van der Waals surface area contributed by atoms with Gasteiger partial charge in [-0.3, -0.25) is 4.79 Å². The van der Waals surface area contributed by atoms with Gasteiger partial charge in [0.25, 0.3) is 0 Å². The summed E-state index contributed by atoms with van der Waals surface area (Å²) in [7, 11) is 0. The van der Waals surface area contributed by atoms with E-state index in [0.29, 0.717) is 36.7 Å². The molecule has 5 heteroatoms. The van der Waals surface area contributed by atoms with Gasteiger partial charge in [-0.1, -0.05) is 13.0 Å². The van der Waals surface area contributed by atoms with Crippen molar-refractivity contribution in [3.05, 3.63) is 23.8 Å². The Morgan fingerprint density at radius 1 is 1.33 bits per heavy atom. The fourth-order valence-electron chi connectivity index (χ4n) is 2.01. The van der Waals surface area contributed by atoms with Gasteiger partial charge in [-0.05, 0) is 24.1 Å². The predicted octanol–water partition coefficient (Wildman–Crippen LogP) is 1.53. The van der Waals surface area contributed by atoms with E-state index in [4.69, 9.17) is 14.6 Å². The van der Waals surface area contributed by atoms with Crippen LogP contribution in [0.3, 0.4) is 0 Å². The van der Waals surface area contributed by atoms with Gasteiger partial charge in [-0.15, -0.1) is 0 Å². The van der Waals surface area contributed by atoms with Crippen molar-refractivity contribution < 1.29 is 24.5 Å². The van der Waals surface area contributed by atoms with Crippen molar-refractivity contribution in [1.82, 2.24) is 0 Å². The van der Waals surface area contributed by atoms with Crippen molar-refractivity contribution in [3.63, 3.8) is 0 Å². The third-order valence-corrected chi connectivity index (χ3v) is 3.11. The van der Waals surface area contributed by atoms with Gasteiger partial charge in [0, 0.05) is 0 Å². The molecule has 0 radical (unpaired) electrons. The molecule has 0 aliphatic carbocycles. The number of benzene rings is 1. The summed E-state index contributed by atoms with van der Waals surface area (Å²) in [6, 6.07) is 5.03. The number of hydrogen-bond acceptors (Lipinski definition) is 4. The van der Waals surface area contributed by atoms with E-state index in [1.165, 1.54) is 0 Å². The third-order valence-electron chi connectivity index (χ3n) is 3.11. The molecule has 1 atom stereocenters. The highest BCUT2D eigenvalue weighted by atomic mass is 16.6. The summed E-state index contributed by atoms with van der Waals surface area (Å²) in [5.74, 6) is 0.143. The zero-order valence-corrected chi connectivity index (χ0v) is 10.2. The molecule has 0 aromatic heterocycles. The molecule has 1 unspecified atom stereocenters. The van der Waals surface area contributed by atoms with Crippen LogP contribution >= 0.6 is 0 Å². The zero-order chi connectivity index (χ0) is 13.2. The summed E-state index contributed by atoms with van der Waals surface area (Å²) in [6.45, 7) is 2.71. The van der Waals surface area contributed by atoms with Crippen LogP contribution in [-0.4, -0.2) is 29.4 Å². The molecule has 0 saturated heterocycles. The molecule has 98 valence electrons. The van der Waals surface area contributed by atoms with E-state index in [0.717, 1.165) is 0 Å². The van der Waals surface area contributed by atoms with Crippen LogP contribution in [0.2, 0.25) is 0 Å². The number of rotatable bonds is 4. The number of ether oxygens (including phenoxy) is 2. The van der Waals surface area contributed by atoms with Crippen LogP contribution in [0.4, 0.5) is 0 Å². The first kappa shape index (κ1) is 12.7. The molecule has 2 N–H and O–H groups in total. The van der Waals surface area contributed by atoms with Crippen LogP contribution in [0.1, 0.15) is 25.3 Å². The zero-order valence-electron chi connectivity index (χ0n) is 10.2. The van der Waals surface area contributed by atoms with E-state index in [1.54, 1.807) is 25.1 Å². The van der Waals surface area contributed by atoms with E-state index in [1.807, 2.05) is 0 Å². The normalized spacial score (nSPS) is 17.0. The summed E-state index contributed by atoms with van der Waals surface area (Å²) in [5, 5.41) is 19.3. The highest BCUT2D eigenvalue weighted by Crippen LogP contribution is 2.37. The molecule has 2 rings (SSSR count). The molecule has 1 aromatic carbocycles. The Hall–Kier alpha value is -1.75. The summed E-state index contributed by atoms with van der Waals surface area (Å²) >= 11 is 0. The summed E-state index contributed by atoms with van der Waals surface area (Å²) in [6.07, 6.45) is -0.0118. The van der Waals surface area contributed by atoms with E-state index >= 15 is 0 Å². The Kier molecular flexibility index (Phi) is 3.43. The number of carbonyl (C=O) groups is 1. The summed E-state index contributed by atoms with van der Waals surface area (Å²) in [5.41, 5.74) is -0.835. The molecular formula is C13H16O5. The van der Waals surface area contributed by atoms with E-state index in [-0.39, 0.29) is 6.42 Å². The lowest BCUT2D eigenvalue weighted by Gasteiger charge is -2.27. The smallest absolute Gasteiger partial charge is 0.306 e. The Bertz CT molecular complexity index is 457. The van der Waals surface area contributed by atoms with Crippen molar-refractivity contribution in [2.45, 2.75) is 25.4 Å². The maximum Gasteiger partial charge on any atom is 0.306 e. The first-order valence-electron chi connectivity index (χ1n) is 5.89. The lowest BCUT2D eigenvalue weighted by molar-refractivity contribution is -0.143. The molecule has 0 amide bonds. The van der Waals surface area contributed by atoms with Gasteiger partial charge in [0.15, 0.2) is 11.5 Å². The second-order valence-electron chi connectivity index (χ2n) is 4.31. The lowest BCUT2D eigenvalue weighted by atomic mass is 9.87. The molecule has 0 fully saturated rings. The van der Waals surface area contributed by atoms with Gasteiger partial charge in [0.05, 0.1) is 12.0 Å². The van der Waals surface area contributed by atoms with E-state index in [9.17, 15) is 9.90 Å². The topological polar surface area (TPSA) is 76.0 Å². The highest BCUT2D eigenvalue weighted by Gasteiger charge is 2.31. The van der Waals surface area contributed by atoms with Gasteiger partial charge in [0.2, 0.25) is 0 Å². The minimum absolute atomic E-state index is 0.318. The van der Waals surface area contributed by atoms with Crippen molar-refractivity contribution in [1.29, 1.82) is 0 Å². The van der Waals surface area contributed by atoms with Crippen molar-refractivity contribution >= 4 is 5.97 Å². The Balaban J connectivity index is 2.34. The number of fused-ring (bicyclic) bond motifs is 1. The van der Waals surface area contributed by atoms with Gasteiger partial charge in [-0.25, -0.2) is 0 Å². The molecule has 18 heavy (non-hydrogen) atoms. The van der Waals surface area contributed by atoms with Gasteiger partial charge >= 0.3 is 5.97 Å². The minimum atomic E-state index is -1.37. The SMILES string of the molecule is CCC(O)(CC(=O)O)c1ccc2c(c1)OCCO2. The first-order chi connectivity index (χ1) is 8.55. The molecule has 0 saturated carbocycles. The molecule has 0 spiro atoms. The minimum Gasteiger partial charge on any atom is -0.486 e. The molecule has 1 heterocycles. The van der Waals surface area contributed by atoms with Crippen LogP contribution in [0.15, 0.2) is 18.2 Å². The van der Waals surface area contributed by atoms with Crippen LogP contribution in [-0.2, 0) is 10.4 Å². The number of carboxylic acids is 1. The van der Waals surface area contributed by atoms with Gasteiger partial charge < -0.3 is 19.7 Å². The Labute approximate surface area is 105 Å². The molecule has 1 aliphatic rings. The fraction of sp³-hybridized carbons (Fsp3) is 0.462. The van der Waals surface area contributed by atoms with Crippen LogP contribution in [0.5, 0.6) is 11.5 Å². The van der Waals surface area contributed by atoms with Crippen LogP contribution < -0.4 is 9.47 Å². The standard InChI is InChI=1S/C13H16O5/c1-2-13(16,8-12(14)15)9-3-4-10-11(7-9)18-6-5-17-10/h3-4,7,16H,2,5-6,8H2,1H3,(H,14,15). The van der Waals surface area contributed by atoms with Gasteiger partial charge in [-0.2, -0.15) is 0 Å². The summed E-state index contributed by atoms with van der Waals surface area (Å²) < 4.78 is 10.8. The quantitative estimate of drug-likeness (QED) is 0.849. The number of hydrogen-bond donors (Lipinski definition) is 2. The van der Waals surface area contributed by atoms with Crippen LogP contribution in [0.25, 0.3) is 0 Å². The van der Waals surface area contributed by atoms with Gasteiger partial charge in [0.1, 0.15) is 13.2 Å². The number of aliphatic hydroxyl groups is 1. The van der Waals surface area contributed by atoms with Crippen molar-refractivity contribution in [2.24, 2.45) is 0 Å². The predicted molar refractivity (Wildman–Crippen MR) is 63.9 cm³/mol. The molecule has 5 nitrogen and oxygen atoms in total. The lowest BCUT2D eigenvalue weighted by Crippen LogP contribution is -2.28. The monoisotopic (exact) mass is 252 g/mol. The third kappa shape index (κ3) is 2.41. The molecule has 0 bridgehead atoms. The number of carboxylic acid groups (broad SMARTS) is 1. The molecule has 1 aromatic rings. The maximum absolute atomic E-state index is 10.8. The average Bonchev–Trinajstić information content (AvgIpc) is 2.37. The fourth-order valence-corrected chi connectivity index (χ4v) is 2.01. The maximum atomic E-state index is 10.8.